The number of hydrogen-bond donors (Lipinski definition) is 2. The predicted octanol–water partition coefficient (Wildman–Crippen LogP) is 3.16. The van der Waals surface area contributed by atoms with Crippen LogP contribution >= 0.6 is 0 Å². The van der Waals surface area contributed by atoms with Gasteiger partial charge in [-0.15, -0.1) is 0 Å². The summed E-state index contributed by atoms with van der Waals surface area (Å²) in [6.07, 6.45) is 9.52. The van der Waals surface area contributed by atoms with Crippen molar-refractivity contribution >= 4 is 5.91 Å². The Balaban J connectivity index is 1.40. The Morgan fingerprint density at radius 2 is 1.87 bits per heavy atom. The van der Waals surface area contributed by atoms with Crippen LogP contribution in [0.1, 0.15) is 56.9 Å². The average molecular weight is 316 g/mol. The van der Waals surface area contributed by atoms with Crippen LogP contribution in [0.4, 0.5) is 0 Å². The number of amides is 1. The van der Waals surface area contributed by atoms with Crippen LogP contribution in [-0.2, 0) is 11.3 Å². The zero-order valence-corrected chi connectivity index (χ0v) is 13.9. The van der Waals surface area contributed by atoms with Crippen molar-refractivity contribution in [1.82, 2.24) is 10.6 Å². The van der Waals surface area contributed by atoms with Crippen molar-refractivity contribution in [1.29, 1.82) is 0 Å². The van der Waals surface area contributed by atoms with Gasteiger partial charge in [-0.3, -0.25) is 4.79 Å². The van der Waals surface area contributed by atoms with E-state index in [4.69, 9.17) is 4.74 Å². The molecule has 1 amide bonds. The number of carbonyl (C=O) groups excluding carboxylic acids is 1. The molecule has 4 heteroatoms. The standard InChI is InChI=1S/C19H28N2O2/c22-19(13-16-5-4-12-20-16)21-14-15-8-10-18(11-9-15)23-17-6-2-1-3-7-17/h8-11,16-17,20H,1-7,12-14H2,(H,21,22). The van der Waals surface area contributed by atoms with Gasteiger partial charge in [-0.05, 0) is 62.8 Å². The minimum absolute atomic E-state index is 0.131. The van der Waals surface area contributed by atoms with Crippen LogP contribution in [0.25, 0.3) is 0 Å². The summed E-state index contributed by atoms with van der Waals surface area (Å²) in [6.45, 7) is 1.63. The summed E-state index contributed by atoms with van der Waals surface area (Å²) in [4.78, 5) is 11.9. The Kier molecular flexibility index (Phi) is 5.92. The van der Waals surface area contributed by atoms with Crippen molar-refractivity contribution in [2.45, 2.75) is 70.1 Å². The first-order valence-corrected chi connectivity index (χ1v) is 9.05. The van der Waals surface area contributed by atoms with E-state index >= 15 is 0 Å². The Morgan fingerprint density at radius 3 is 2.57 bits per heavy atom. The van der Waals surface area contributed by atoms with Crippen LogP contribution in [0, 0.1) is 0 Å². The number of benzene rings is 1. The number of carbonyl (C=O) groups is 1. The highest BCUT2D eigenvalue weighted by atomic mass is 16.5. The lowest BCUT2D eigenvalue weighted by Gasteiger charge is -2.23. The van der Waals surface area contributed by atoms with Crippen molar-refractivity contribution in [2.24, 2.45) is 0 Å². The maximum absolute atomic E-state index is 11.9. The highest BCUT2D eigenvalue weighted by Crippen LogP contribution is 2.23. The molecule has 1 unspecified atom stereocenters. The first kappa shape index (κ1) is 16.3. The van der Waals surface area contributed by atoms with Gasteiger partial charge in [-0.25, -0.2) is 0 Å². The van der Waals surface area contributed by atoms with Gasteiger partial charge in [-0.2, -0.15) is 0 Å². The largest absolute Gasteiger partial charge is 0.490 e. The second-order valence-corrected chi connectivity index (χ2v) is 6.80. The van der Waals surface area contributed by atoms with Crippen molar-refractivity contribution in [3.63, 3.8) is 0 Å². The molecular weight excluding hydrogens is 288 g/mol. The topological polar surface area (TPSA) is 50.4 Å². The molecule has 1 saturated carbocycles. The maximum Gasteiger partial charge on any atom is 0.221 e. The molecule has 3 rings (SSSR count). The molecule has 2 fully saturated rings. The highest BCUT2D eigenvalue weighted by molar-refractivity contribution is 5.76. The molecule has 1 heterocycles. The van der Waals surface area contributed by atoms with Crippen molar-refractivity contribution in [3.8, 4) is 5.75 Å². The third kappa shape index (κ3) is 5.24. The molecule has 1 aromatic carbocycles. The lowest BCUT2D eigenvalue weighted by Crippen LogP contribution is -2.31. The normalized spacial score (nSPS) is 22.0. The van der Waals surface area contributed by atoms with Crippen molar-refractivity contribution < 1.29 is 9.53 Å². The highest BCUT2D eigenvalue weighted by Gasteiger charge is 2.17. The lowest BCUT2D eigenvalue weighted by atomic mass is 9.98. The van der Waals surface area contributed by atoms with Crippen molar-refractivity contribution in [3.05, 3.63) is 29.8 Å². The first-order valence-electron chi connectivity index (χ1n) is 9.05. The van der Waals surface area contributed by atoms with E-state index in [1.54, 1.807) is 0 Å². The SMILES string of the molecule is O=C(CC1CCCN1)NCc1ccc(OC2CCCCC2)cc1. The Bertz CT molecular complexity index is 489. The van der Waals surface area contributed by atoms with Gasteiger partial charge in [0.1, 0.15) is 5.75 Å². The molecular formula is C19H28N2O2. The fourth-order valence-corrected chi connectivity index (χ4v) is 3.49. The second-order valence-electron chi connectivity index (χ2n) is 6.80. The summed E-state index contributed by atoms with van der Waals surface area (Å²) >= 11 is 0. The van der Waals surface area contributed by atoms with Gasteiger partial charge in [0, 0.05) is 19.0 Å². The van der Waals surface area contributed by atoms with Gasteiger partial charge < -0.3 is 15.4 Å². The number of hydrogen-bond acceptors (Lipinski definition) is 3. The zero-order chi connectivity index (χ0) is 15.9. The van der Waals surface area contributed by atoms with Gasteiger partial charge in [0.05, 0.1) is 6.10 Å². The monoisotopic (exact) mass is 316 g/mol. The van der Waals surface area contributed by atoms with E-state index in [0.29, 0.717) is 25.1 Å². The molecule has 0 aromatic heterocycles. The van der Waals surface area contributed by atoms with Gasteiger partial charge >= 0.3 is 0 Å². The van der Waals surface area contributed by atoms with E-state index in [9.17, 15) is 4.79 Å². The van der Waals surface area contributed by atoms with Crippen molar-refractivity contribution in [2.75, 3.05) is 6.54 Å². The smallest absolute Gasteiger partial charge is 0.221 e. The minimum Gasteiger partial charge on any atom is -0.490 e. The van der Waals surface area contributed by atoms with Gasteiger partial charge in [0.15, 0.2) is 0 Å². The van der Waals surface area contributed by atoms with E-state index in [0.717, 1.165) is 24.3 Å². The Hall–Kier alpha value is -1.55. The molecule has 2 N–H and O–H groups in total. The van der Waals surface area contributed by atoms with Crippen LogP contribution in [0.15, 0.2) is 24.3 Å². The fraction of sp³-hybridized carbons (Fsp3) is 0.632. The molecule has 23 heavy (non-hydrogen) atoms. The first-order chi connectivity index (χ1) is 11.3. The van der Waals surface area contributed by atoms with E-state index in [-0.39, 0.29) is 5.91 Å². The summed E-state index contributed by atoms with van der Waals surface area (Å²) < 4.78 is 6.03. The van der Waals surface area contributed by atoms with Crippen LogP contribution in [0.3, 0.4) is 0 Å². The molecule has 1 saturated heterocycles. The van der Waals surface area contributed by atoms with Crippen LogP contribution < -0.4 is 15.4 Å². The number of rotatable bonds is 6. The molecule has 4 nitrogen and oxygen atoms in total. The zero-order valence-electron chi connectivity index (χ0n) is 13.9. The third-order valence-electron chi connectivity index (χ3n) is 4.86. The fourth-order valence-electron chi connectivity index (χ4n) is 3.49. The molecule has 2 aliphatic rings. The van der Waals surface area contributed by atoms with Crippen LogP contribution in [0.5, 0.6) is 5.75 Å². The maximum atomic E-state index is 11.9. The Morgan fingerprint density at radius 1 is 1.09 bits per heavy atom. The van der Waals surface area contributed by atoms with E-state index < -0.39 is 0 Å². The number of ether oxygens (including phenoxy) is 1. The summed E-state index contributed by atoms with van der Waals surface area (Å²) in [5.74, 6) is 1.08. The van der Waals surface area contributed by atoms with E-state index in [1.807, 2.05) is 24.3 Å². The summed E-state index contributed by atoms with van der Waals surface area (Å²) in [7, 11) is 0. The van der Waals surface area contributed by atoms with Gasteiger partial charge in [0.2, 0.25) is 5.91 Å². The molecule has 1 aliphatic heterocycles. The molecule has 126 valence electrons. The Labute approximate surface area is 139 Å². The summed E-state index contributed by atoms with van der Waals surface area (Å²) in [5, 5.41) is 6.36. The predicted molar refractivity (Wildman–Crippen MR) is 91.4 cm³/mol. The quantitative estimate of drug-likeness (QED) is 0.847. The second kappa shape index (κ2) is 8.34. The molecule has 1 atom stereocenters. The number of nitrogens with one attached hydrogen (secondary N) is 2. The lowest BCUT2D eigenvalue weighted by molar-refractivity contribution is -0.121. The average Bonchev–Trinajstić information content (AvgIpc) is 3.08. The minimum atomic E-state index is 0.131. The van der Waals surface area contributed by atoms with Gasteiger partial charge in [-0.1, -0.05) is 18.6 Å². The molecule has 0 bridgehead atoms. The molecule has 1 aliphatic carbocycles. The van der Waals surface area contributed by atoms with E-state index in [2.05, 4.69) is 10.6 Å². The van der Waals surface area contributed by atoms with E-state index in [1.165, 1.54) is 38.5 Å². The van der Waals surface area contributed by atoms with Crippen LogP contribution in [0.2, 0.25) is 0 Å². The third-order valence-corrected chi connectivity index (χ3v) is 4.86. The molecule has 0 radical (unpaired) electrons. The molecule has 1 aromatic rings. The molecule has 0 spiro atoms. The summed E-state index contributed by atoms with van der Waals surface area (Å²) in [6, 6.07) is 8.50. The summed E-state index contributed by atoms with van der Waals surface area (Å²) in [5.41, 5.74) is 1.12. The van der Waals surface area contributed by atoms with Crippen LogP contribution in [-0.4, -0.2) is 24.6 Å². The van der Waals surface area contributed by atoms with Gasteiger partial charge in [0.25, 0.3) is 0 Å².